The number of hydrogen-bond donors (Lipinski definition) is 1. The second-order valence-corrected chi connectivity index (χ2v) is 7.98. The average Bonchev–Trinajstić information content (AvgIpc) is 2.90. The number of methoxy groups -OCH3 is 3. The highest BCUT2D eigenvalue weighted by molar-refractivity contribution is 6.05. The Balaban J connectivity index is 1.65. The summed E-state index contributed by atoms with van der Waals surface area (Å²) < 4.78 is 21.7. The van der Waals surface area contributed by atoms with Gasteiger partial charge in [-0.05, 0) is 48.9 Å². The molecule has 0 atom stereocenters. The highest BCUT2D eigenvalue weighted by Gasteiger charge is 2.19. The standard InChI is InChI=1S/C28H26N2O6/c1-17-8-7-9-19(12-17)29-26(31)16-36-28(32)21-15-23(30-22-11-6-5-10-20(21)22)18-13-24(33-2)27(35-4)25(14-18)34-3/h5-15H,16H2,1-4H3,(H,29,31). The van der Waals surface area contributed by atoms with Gasteiger partial charge >= 0.3 is 5.97 Å². The largest absolute Gasteiger partial charge is 0.493 e. The smallest absolute Gasteiger partial charge is 0.339 e. The van der Waals surface area contributed by atoms with Crippen LogP contribution in [0.2, 0.25) is 0 Å². The molecule has 4 rings (SSSR count). The number of esters is 1. The van der Waals surface area contributed by atoms with E-state index in [4.69, 9.17) is 23.9 Å². The molecule has 0 fully saturated rings. The van der Waals surface area contributed by atoms with E-state index in [1.54, 1.807) is 36.4 Å². The number of ether oxygens (including phenoxy) is 4. The van der Waals surface area contributed by atoms with Crippen LogP contribution in [-0.2, 0) is 9.53 Å². The summed E-state index contributed by atoms with van der Waals surface area (Å²) in [5, 5.41) is 3.34. The second-order valence-electron chi connectivity index (χ2n) is 7.98. The van der Waals surface area contributed by atoms with Gasteiger partial charge in [-0.3, -0.25) is 4.79 Å². The van der Waals surface area contributed by atoms with Gasteiger partial charge in [-0.15, -0.1) is 0 Å². The Bertz CT molecular complexity index is 1410. The number of para-hydroxylation sites is 1. The van der Waals surface area contributed by atoms with Gasteiger partial charge < -0.3 is 24.3 Å². The molecule has 0 aliphatic carbocycles. The topological polar surface area (TPSA) is 96.0 Å². The van der Waals surface area contributed by atoms with Gasteiger partial charge in [0.15, 0.2) is 18.1 Å². The number of amides is 1. The quantitative estimate of drug-likeness (QED) is 0.349. The van der Waals surface area contributed by atoms with Crippen LogP contribution in [0.25, 0.3) is 22.2 Å². The second kappa shape index (κ2) is 10.8. The number of carbonyl (C=O) groups excluding carboxylic acids is 2. The number of aromatic nitrogens is 1. The number of nitrogens with one attached hydrogen (secondary N) is 1. The zero-order valence-corrected chi connectivity index (χ0v) is 20.5. The molecule has 8 heteroatoms. The van der Waals surface area contributed by atoms with E-state index in [-0.39, 0.29) is 5.56 Å². The van der Waals surface area contributed by atoms with Crippen molar-refractivity contribution in [2.45, 2.75) is 6.92 Å². The highest BCUT2D eigenvalue weighted by atomic mass is 16.5. The number of rotatable bonds is 8. The molecule has 1 N–H and O–H groups in total. The van der Waals surface area contributed by atoms with Crippen molar-refractivity contribution in [3.8, 4) is 28.5 Å². The van der Waals surface area contributed by atoms with Gasteiger partial charge in [0.25, 0.3) is 5.91 Å². The minimum atomic E-state index is -0.637. The number of aryl methyl sites for hydroxylation is 1. The molecule has 1 heterocycles. The lowest BCUT2D eigenvalue weighted by Crippen LogP contribution is -2.21. The maximum Gasteiger partial charge on any atom is 0.339 e. The Morgan fingerprint density at radius 1 is 0.861 bits per heavy atom. The van der Waals surface area contributed by atoms with Crippen LogP contribution in [0.15, 0.2) is 66.7 Å². The summed E-state index contributed by atoms with van der Waals surface area (Å²) in [5.41, 5.74) is 3.68. The molecule has 184 valence electrons. The van der Waals surface area contributed by atoms with Gasteiger partial charge in [0.1, 0.15) is 0 Å². The van der Waals surface area contributed by atoms with E-state index in [1.165, 1.54) is 21.3 Å². The summed E-state index contributed by atoms with van der Waals surface area (Å²) in [4.78, 5) is 30.2. The fraction of sp³-hybridized carbons (Fsp3) is 0.179. The van der Waals surface area contributed by atoms with Gasteiger partial charge in [0.05, 0.1) is 38.1 Å². The third-order valence-corrected chi connectivity index (χ3v) is 5.53. The first-order valence-electron chi connectivity index (χ1n) is 11.2. The zero-order valence-electron chi connectivity index (χ0n) is 20.5. The predicted molar refractivity (Wildman–Crippen MR) is 137 cm³/mol. The van der Waals surface area contributed by atoms with Gasteiger partial charge in [0, 0.05) is 16.6 Å². The summed E-state index contributed by atoms with van der Waals surface area (Å²) in [6, 6.07) is 19.7. The van der Waals surface area contributed by atoms with Crippen LogP contribution < -0.4 is 19.5 Å². The molecule has 0 radical (unpaired) electrons. The van der Waals surface area contributed by atoms with E-state index < -0.39 is 18.5 Å². The molecule has 0 aliphatic rings. The van der Waals surface area contributed by atoms with Crippen molar-refractivity contribution in [2.24, 2.45) is 0 Å². The molecule has 0 saturated carbocycles. The molecular weight excluding hydrogens is 460 g/mol. The van der Waals surface area contributed by atoms with Crippen molar-refractivity contribution in [3.63, 3.8) is 0 Å². The van der Waals surface area contributed by atoms with Crippen molar-refractivity contribution in [1.29, 1.82) is 0 Å². The minimum Gasteiger partial charge on any atom is -0.493 e. The van der Waals surface area contributed by atoms with Crippen molar-refractivity contribution >= 4 is 28.5 Å². The van der Waals surface area contributed by atoms with Gasteiger partial charge in [-0.2, -0.15) is 0 Å². The van der Waals surface area contributed by atoms with E-state index in [0.717, 1.165) is 5.56 Å². The van der Waals surface area contributed by atoms with Crippen molar-refractivity contribution in [1.82, 2.24) is 4.98 Å². The van der Waals surface area contributed by atoms with E-state index in [2.05, 4.69) is 5.32 Å². The normalized spacial score (nSPS) is 10.6. The van der Waals surface area contributed by atoms with E-state index >= 15 is 0 Å². The molecule has 1 amide bonds. The molecule has 36 heavy (non-hydrogen) atoms. The van der Waals surface area contributed by atoms with Crippen LogP contribution in [0.5, 0.6) is 17.2 Å². The van der Waals surface area contributed by atoms with Crippen LogP contribution in [0.3, 0.4) is 0 Å². The van der Waals surface area contributed by atoms with E-state index in [1.807, 2.05) is 37.3 Å². The van der Waals surface area contributed by atoms with Crippen LogP contribution >= 0.6 is 0 Å². The Morgan fingerprint density at radius 3 is 2.25 bits per heavy atom. The number of hydrogen-bond acceptors (Lipinski definition) is 7. The maximum atomic E-state index is 13.1. The van der Waals surface area contributed by atoms with Crippen LogP contribution in [-0.4, -0.2) is 44.8 Å². The third kappa shape index (κ3) is 5.22. The van der Waals surface area contributed by atoms with Gasteiger partial charge in [-0.25, -0.2) is 9.78 Å². The molecule has 3 aromatic carbocycles. The van der Waals surface area contributed by atoms with Crippen LogP contribution in [0.4, 0.5) is 5.69 Å². The molecule has 0 saturated heterocycles. The molecule has 0 unspecified atom stereocenters. The van der Waals surface area contributed by atoms with Crippen molar-refractivity contribution in [2.75, 3.05) is 33.3 Å². The van der Waals surface area contributed by atoms with Gasteiger partial charge in [-0.1, -0.05) is 30.3 Å². The van der Waals surface area contributed by atoms with E-state index in [0.29, 0.717) is 45.1 Å². The lowest BCUT2D eigenvalue weighted by atomic mass is 10.0. The Morgan fingerprint density at radius 2 is 1.58 bits per heavy atom. The molecule has 4 aromatic rings. The number of fused-ring (bicyclic) bond motifs is 1. The molecule has 0 spiro atoms. The Kier molecular flexibility index (Phi) is 7.34. The predicted octanol–water partition coefficient (Wildman–Crippen LogP) is 5.03. The number of carbonyl (C=O) groups is 2. The molecule has 0 aliphatic heterocycles. The molecule has 0 bridgehead atoms. The summed E-state index contributed by atoms with van der Waals surface area (Å²) in [6.45, 7) is 1.50. The molecule has 1 aromatic heterocycles. The fourth-order valence-electron chi connectivity index (χ4n) is 3.85. The minimum absolute atomic E-state index is 0.285. The number of pyridine rings is 1. The van der Waals surface area contributed by atoms with Crippen LogP contribution in [0.1, 0.15) is 15.9 Å². The first-order valence-corrected chi connectivity index (χ1v) is 11.2. The fourth-order valence-corrected chi connectivity index (χ4v) is 3.85. The lowest BCUT2D eigenvalue weighted by Gasteiger charge is -2.15. The van der Waals surface area contributed by atoms with Crippen LogP contribution in [0, 0.1) is 6.92 Å². The maximum absolute atomic E-state index is 13.1. The van der Waals surface area contributed by atoms with Crippen molar-refractivity contribution < 1.29 is 28.5 Å². The monoisotopic (exact) mass is 486 g/mol. The average molecular weight is 487 g/mol. The lowest BCUT2D eigenvalue weighted by molar-refractivity contribution is -0.119. The summed E-state index contributed by atoms with van der Waals surface area (Å²) >= 11 is 0. The SMILES string of the molecule is COc1cc(-c2cc(C(=O)OCC(=O)Nc3cccc(C)c3)c3ccccc3n2)cc(OC)c1OC. The number of anilines is 1. The highest BCUT2D eigenvalue weighted by Crippen LogP contribution is 2.41. The first-order chi connectivity index (χ1) is 17.4. The summed E-state index contributed by atoms with van der Waals surface area (Å²) in [6.07, 6.45) is 0. The summed E-state index contributed by atoms with van der Waals surface area (Å²) in [5.74, 6) is 0.292. The number of nitrogens with zero attached hydrogens (tertiary/aromatic N) is 1. The zero-order chi connectivity index (χ0) is 25.7. The third-order valence-electron chi connectivity index (χ3n) is 5.53. The summed E-state index contributed by atoms with van der Waals surface area (Å²) in [7, 11) is 4.58. The van der Waals surface area contributed by atoms with Gasteiger partial charge in [0.2, 0.25) is 5.75 Å². The van der Waals surface area contributed by atoms with E-state index in [9.17, 15) is 9.59 Å². The Labute approximate surface area is 208 Å². The van der Waals surface area contributed by atoms with Crippen molar-refractivity contribution in [3.05, 3.63) is 77.9 Å². The first kappa shape index (κ1) is 24.5. The number of benzene rings is 3. The molecule has 8 nitrogen and oxygen atoms in total. The molecular formula is C28H26N2O6. The Hall–Kier alpha value is -4.59.